The highest BCUT2D eigenvalue weighted by molar-refractivity contribution is 5.87. The first kappa shape index (κ1) is 43.6. The van der Waals surface area contributed by atoms with E-state index in [4.69, 9.17) is 14.2 Å². The number of hydrogen-bond acceptors (Lipinski definition) is 6. The van der Waals surface area contributed by atoms with Crippen molar-refractivity contribution in [3.63, 3.8) is 0 Å². The fourth-order valence-electron chi connectivity index (χ4n) is 7.72. The Morgan fingerprint density at radius 1 is 0.673 bits per heavy atom. The molecule has 3 aromatic rings. The summed E-state index contributed by atoms with van der Waals surface area (Å²) in [5, 5.41) is 9.38. The zero-order chi connectivity index (χ0) is 39.6. The highest BCUT2D eigenvalue weighted by atomic mass is 16.5. The predicted octanol–water partition coefficient (Wildman–Crippen LogP) is 11.7. The van der Waals surface area contributed by atoms with Gasteiger partial charge in [0.05, 0.1) is 19.8 Å². The Balaban J connectivity index is 1.59. The Labute approximate surface area is 331 Å². The summed E-state index contributed by atoms with van der Waals surface area (Å²) in [6.45, 7) is 16.3. The number of rotatable bonds is 23. The topological polar surface area (TPSA) is 82.1 Å². The third-order valence-electron chi connectivity index (χ3n) is 11.0. The summed E-state index contributed by atoms with van der Waals surface area (Å²) in [6, 6.07) is 20.6. The van der Waals surface area contributed by atoms with Crippen LogP contribution < -0.4 is 4.74 Å². The first-order valence-corrected chi connectivity index (χ1v) is 20.9. The van der Waals surface area contributed by atoms with Crippen molar-refractivity contribution in [1.29, 1.82) is 0 Å². The van der Waals surface area contributed by atoms with Gasteiger partial charge in [-0.1, -0.05) is 95.2 Å². The van der Waals surface area contributed by atoms with Crippen LogP contribution in [0.3, 0.4) is 0 Å². The summed E-state index contributed by atoms with van der Waals surface area (Å²) in [5.74, 6) is 1.63. The number of esters is 2. The van der Waals surface area contributed by atoms with E-state index in [-0.39, 0.29) is 31.8 Å². The van der Waals surface area contributed by atoms with E-state index >= 15 is 0 Å². The molecule has 0 heterocycles. The summed E-state index contributed by atoms with van der Waals surface area (Å²) < 4.78 is 17.3. The van der Waals surface area contributed by atoms with Crippen molar-refractivity contribution in [1.82, 2.24) is 0 Å². The van der Waals surface area contributed by atoms with Crippen LogP contribution in [0.5, 0.6) is 5.75 Å². The number of benzene rings is 3. The SMILES string of the molecule is C=C(C)C(=O)OCCCc1cc(-c2ccc(-c3ccc(C4CCC(CCCCC)CC4)cc3)c(CC)c2)cc(CCCOC(=O)C(=C)C)c1OCCCCO. The van der Waals surface area contributed by atoms with Gasteiger partial charge in [-0.15, -0.1) is 0 Å². The van der Waals surface area contributed by atoms with E-state index in [0.29, 0.717) is 55.8 Å². The van der Waals surface area contributed by atoms with Gasteiger partial charge in [0.25, 0.3) is 0 Å². The van der Waals surface area contributed by atoms with Gasteiger partial charge in [-0.3, -0.25) is 0 Å². The second kappa shape index (κ2) is 23.0. The number of aliphatic hydroxyl groups excluding tert-OH is 1. The van der Waals surface area contributed by atoms with E-state index in [1.54, 1.807) is 13.8 Å². The largest absolute Gasteiger partial charge is 0.493 e. The lowest BCUT2D eigenvalue weighted by molar-refractivity contribution is -0.139. The Kier molecular flexibility index (Phi) is 18.2. The van der Waals surface area contributed by atoms with Crippen LogP contribution in [0.4, 0.5) is 0 Å². The highest BCUT2D eigenvalue weighted by Crippen LogP contribution is 2.39. The molecule has 0 unspecified atom stereocenters. The lowest BCUT2D eigenvalue weighted by Gasteiger charge is -2.29. The molecule has 0 bridgehead atoms. The van der Waals surface area contributed by atoms with Crippen LogP contribution in [0.15, 0.2) is 78.9 Å². The van der Waals surface area contributed by atoms with Crippen LogP contribution in [-0.4, -0.2) is 43.5 Å². The number of hydrogen-bond donors (Lipinski definition) is 1. The fraction of sp³-hybridized carbons (Fsp3) is 0.510. The van der Waals surface area contributed by atoms with Crippen LogP contribution in [0, 0.1) is 5.92 Å². The minimum absolute atomic E-state index is 0.115. The molecule has 1 fully saturated rings. The molecule has 298 valence electrons. The summed E-state index contributed by atoms with van der Waals surface area (Å²) in [7, 11) is 0. The first-order valence-electron chi connectivity index (χ1n) is 20.9. The van der Waals surface area contributed by atoms with Gasteiger partial charge in [0.2, 0.25) is 0 Å². The van der Waals surface area contributed by atoms with Gasteiger partial charge >= 0.3 is 11.9 Å². The van der Waals surface area contributed by atoms with Crippen molar-refractivity contribution < 1.29 is 28.9 Å². The molecule has 0 atom stereocenters. The third-order valence-corrected chi connectivity index (χ3v) is 11.0. The Morgan fingerprint density at radius 2 is 1.25 bits per heavy atom. The van der Waals surface area contributed by atoms with Crippen LogP contribution in [0.1, 0.15) is 133 Å². The third kappa shape index (κ3) is 13.5. The smallest absolute Gasteiger partial charge is 0.333 e. The molecular formula is C49H66O6. The Bertz CT molecular complexity index is 1640. The zero-order valence-corrected chi connectivity index (χ0v) is 34.2. The van der Waals surface area contributed by atoms with Crippen molar-refractivity contribution in [2.45, 2.75) is 130 Å². The monoisotopic (exact) mass is 750 g/mol. The minimum Gasteiger partial charge on any atom is -0.493 e. The van der Waals surface area contributed by atoms with Crippen molar-refractivity contribution in [2.24, 2.45) is 5.92 Å². The quantitative estimate of drug-likeness (QED) is 0.0590. The van der Waals surface area contributed by atoms with E-state index in [2.05, 4.69) is 81.6 Å². The summed E-state index contributed by atoms with van der Waals surface area (Å²) >= 11 is 0. The lowest BCUT2D eigenvalue weighted by atomic mass is 9.77. The summed E-state index contributed by atoms with van der Waals surface area (Å²) in [6.07, 6.45) is 15.6. The number of unbranched alkanes of at least 4 members (excludes halogenated alkanes) is 3. The molecule has 0 saturated heterocycles. The van der Waals surface area contributed by atoms with Crippen molar-refractivity contribution in [2.75, 3.05) is 26.4 Å². The van der Waals surface area contributed by atoms with E-state index in [1.165, 1.54) is 73.6 Å². The fourth-order valence-corrected chi connectivity index (χ4v) is 7.72. The standard InChI is InChI=1S/C49H66O6/c1-7-9-10-15-37-18-20-39(21-19-37)40-22-24-41(25-23-40)46-27-26-42(32-38(46)8-2)45-33-43(16-13-30-54-48(51)35(3)4)47(53-29-12-11-28-50)44(34-45)17-14-31-55-49(52)36(5)6/h22-27,32-34,37,39,50H,3,5,7-21,28-31H2,1-2,4,6H3. The maximum Gasteiger partial charge on any atom is 0.333 e. The maximum absolute atomic E-state index is 12.1. The van der Waals surface area contributed by atoms with Crippen LogP contribution >= 0.6 is 0 Å². The summed E-state index contributed by atoms with van der Waals surface area (Å²) in [4.78, 5) is 24.1. The molecule has 6 heteroatoms. The normalized spacial score (nSPS) is 15.4. The van der Waals surface area contributed by atoms with Gasteiger partial charge in [0, 0.05) is 17.8 Å². The van der Waals surface area contributed by atoms with Crippen LogP contribution in [0.25, 0.3) is 22.3 Å². The molecule has 0 aromatic heterocycles. The molecule has 6 nitrogen and oxygen atoms in total. The number of carbonyl (C=O) groups is 2. The number of ether oxygens (including phenoxy) is 3. The predicted molar refractivity (Wildman–Crippen MR) is 226 cm³/mol. The molecule has 3 aromatic carbocycles. The molecule has 0 aliphatic heterocycles. The van der Waals surface area contributed by atoms with E-state index in [0.717, 1.165) is 46.8 Å². The van der Waals surface area contributed by atoms with Gasteiger partial charge in [-0.2, -0.15) is 0 Å². The summed E-state index contributed by atoms with van der Waals surface area (Å²) in [5.41, 5.74) is 10.3. The van der Waals surface area contributed by atoms with Crippen LogP contribution in [0.2, 0.25) is 0 Å². The van der Waals surface area contributed by atoms with Gasteiger partial charge in [0.1, 0.15) is 5.75 Å². The molecule has 4 rings (SSSR count). The Hall–Kier alpha value is -4.16. The number of aryl methyl sites for hydroxylation is 3. The van der Waals surface area contributed by atoms with Crippen molar-refractivity contribution >= 4 is 11.9 Å². The molecule has 0 radical (unpaired) electrons. The minimum atomic E-state index is -0.388. The van der Waals surface area contributed by atoms with Gasteiger partial charge in [-0.25, -0.2) is 9.59 Å². The highest BCUT2D eigenvalue weighted by Gasteiger charge is 2.22. The maximum atomic E-state index is 12.1. The second-order valence-corrected chi connectivity index (χ2v) is 15.5. The van der Waals surface area contributed by atoms with Gasteiger partial charge < -0.3 is 19.3 Å². The van der Waals surface area contributed by atoms with Crippen LogP contribution in [-0.2, 0) is 38.3 Å². The van der Waals surface area contributed by atoms with E-state index < -0.39 is 0 Å². The molecular weight excluding hydrogens is 685 g/mol. The zero-order valence-electron chi connectivity index (χ0n) is 34.2. The molecule has 55 heavy (non-hydrogen) atoms. The molecule has 1 aliphatic rings. The average Bonchev–Trinajstić information content (AvgIpc) is 3.20. The van der Waals surface area contributed by atoms with E-state index in [1.807, 2.05) is 0 Å². The molecule has 0 amide bonds. The van der Waals surface area contributed by atoms with Gasteiger partial charge in [-0.05, 0) is 153 Å². The molecule has 0 spiro atoms. The van der Waals surface area contributed by atoms with Crippen molar-refractivity contribution in [3.8, 4) is 28.0 Å². The lowest BCUT2D eigenvalue weighted by Crippen LogP contribution is -2.13. The molecule has 1 N–H and O–H groups in total. The number of aliphatic hydroxyl groups is 1. The number of carbonyl (C=O) groups excluding carboxylic acids is 2. The van der Waals surface area contributed by atoms with E-state index in [9.17, 15) is 14.7 Å². The average molecular weight is 751 g/mol. The van der Waals surface area contributed by atoms with Gasteiger partial charge in [0.15, 0.2) is 0 Å². The second-order valence-electron chi connectivity index (χ2n) is 15.5. The van der Waals surface area contributed by atoms with Crippen molar-refractivity contribution in [3.05, 3.63) is 101 Å². The Morgan fingerprint density at radius 3 is 1.80 bits per heavy atom. The molecule has 1 saturated carbocycles. The first-order chi connectivity index (χ1) is 26.6. The molecule has 1 aliphatic carbocycles.